The molecule has 0 spiro atoms. The molecule has 1 aliphatic carbocycles. The summed E-state index contributed by atoms with van der Waals surface area (Å²) in [6.07, 6.45) is 3.88. The highest BCUT2D eigenvalue weighted by Gasteiger charge is 2.43. The molecule has 1 amide bonds. The van der Waals surface area contributed by atoms with Crippen molar-refractivity contribution in [2.75, 3.05) is 6.54 Å². The van der Waals surface area contributed by atoms with E-state index in [1.165, 1.54) is 16.3 Å². The van der Waals surface area contributed by atoms with Gasteiger partial charge in [0.15, 0.2) is 0 Å². The van der Waals surface area contributed by atoms with Crippen LogP contribution in [0.5, 0.6) is 0 Å². The topological polar surface area (TPSA) is 59.8 Å². The number of carbonyl (C=O) groups is 1. The van der Waals surface area contributed by atoms with Gasteiger partial charge in [0.2, 0.25) is 5.91 Å². The smallest absolute Gasteiger partial charge is 0.223 e. The first-order chi connectivity index (χ1) is 12.8. The number of nitrogens with zero attached hydrogens (tertiary/aromatic N) is 3. The molecule has 3 aromatic rings. The molecule has 132 valence electrons. The van der Waals surface area contributed by atoms with Gasteiger partial charge in [-0.15, -0.1) is 10.2 Å². The first-order valence-electron chi connectivity index (χ1n) is 9.47. The third kappa shape index (κ3) is 2.77. The maximum Gasteiger partial charge on any atom is 0.223 e. The largest absolute Gasteiger partial charge is 0.355 e. The Bertz CT molecular complexity index is 977. The predicted molar refractivity (Wildman–Crippen MR) is 99.9 cm³/mol. The Morgan fingerprint density at radius 3 is 2.96 bits per heavy atom. The lowest BCUT2D eigenvalue weighted by molar-refractivity contribution is -0.122. The van der Waals surface area contributed by atoms with Gasteiger partial charge in [0.05, 0.1) is 0 Å². The van der Waals surface area contributed by atoms with Gasteiger partial charge in [0.25, 0.3) is 0 Å². The first-order valence-corrected chi connectivity index (χ1v) is 9.47. The Labute approximate surface area is 152 Å². The lowest BCUT2D eigenvalue weighted by Crippen LogP contribution is -2.28. The summed E-state index contributed by atoms with van der Waals surface area (Å²) in [5.41, 5.74) is 1.28. The van der Waals surface area contributed by atoms with Gasteiger partial charge in [-0.25, -0.2) is 0 Å². The van der Waals surface area contributed by atoms with Crippen molar-refractivity contribution in [1.82, 2.24) is 20.1 Å². The molecule has 0 bridgehead atoms. The van der Waals surface area contributed by atoms with Gasteiger partial charge < -0.3 is 9.88 Å². The van der Waals surface area contributed by atoms with Crippen molar-refractivity contribution < 1.29 is 4.79 Å². The SMILES string of the molecule is O=C(NCCc1nnc2n1CCC2)[C@H]1C[C@@H]1c1ccc2ccccc2c1. The minimum Gasteiger partial charge on any atom is -0.355 e. The molecule has 2 aliphatic rings. The number of fused-ring (bicyclic) bond motifs is 2. The first kappa shape index (κ1) is 15.6. The van der Waals surface area contributed by atoms with E-state index in [2.05, 4.69) is 62.5 Å². The van der Waals surface area contributed by atoms with Gasteiger partial charge in [-0.2, -0.15) is 0 Å². The average molecular weight is 346 g/mol. The lowest BCUT2D eigenvalue weighted by atomic mass is 10.0. The minimum absolute atomic E-state index is 0.111. The molecule has 0 saturated heterocycles. The molecule has 2 aromatic carbocycles. The van der Waals surface area contributed by atoms with Gasteiger partial charge in [-0.3, -0.25) is 4.79 Å². The van der Waals surface area contributed by atoms with Crippen LogP contribution in [0, 0.1) is 5.92 Å². The summed E-state index contributed by atoms with van der Waals surface area (Å²) < 4.78 is 2.20. The van der Waals surface area contributed by atoms with E-state index >= 15 is 0 Å². The van der Waals surface area contributed by atoms with Gasteiger partial charge in [-0.1, -0.05) is 42.5 Å². The molecule has 2 heterocycles. The number of rotatable bonds is 5. The van der Waals surface area contributed by atoms with Crippen LogP contribution in [0.25, 0.3) is 10.8 Å². The highest BCUT2D eigenvalue weighted by molar-refractivity contribution is 5.85. The number of carbonyl (C=O) groups excluding carboxylic acids is 1. The van der Waals surface area contributed by atoms with Crippen LogP contribution in [0.1, 0.15) is 36.0 Å². The van der Waals surface area contributed by atoms with Crippen LogP contribution in [-0.4, -0.2) is 27.2 Å². The third-order valence-electron chi connectivity index (χ3n) is 5.66. The van der Waals surface area contributed by atoms with Gasteiger partial charge in [0.1, 0.15) is 11.6 Å². The summed E-state index contributed by atoms with van der Waals surface area (Å²) in [6, 6.07) is 14.9. The van der Waals surface area contributed by atoms with Crippen molar-refractivity contribution in [1.29, 1.82) is 0 Å². The van der Waals surface area contributed by atoms with Crippen LogP contribution in [0.3, 0.4) is 0 Å². The van der Waals surface area contributed by atoms with E-state index in [-0.39, 0.29) is 11.8 Å². The van der Waals surface area contributed by atoms with Crippen LogP contribution in [0.2, 0.25) is 0 Å². The molecule has 1 saturated carbocycles. The van der Waals surface area contributed by atoms with Crippen molar-refractivity contribution >= 4 is 16.7 Å². The number of hydrogen-bond donors (Lipinski definition) is 1. The zero-order valence-electron chi connectivity index (χ0n) is 14.7. The molecule has 0 unspecified atom stereocenters. The number of amides is 1. The molecule has 5 heteroatoms. The van der Waals surface area contributed by atoms with Crippen molar-refractivity contribution in [3.05, 3.63) is 59.7 Å². The van der Waals surface area contributed by atoms with Crippen LogP contribution in [0.15, 0.2) is 42.5 Å². The van der Waals surface area contributed by atoms with Crippen LogP contribution < -0.4 is 5.32 Å². The number of aromatic nitrogens is 3. The van der Waals surface area contributed by atoms with E-state index in [1.54, 1.807) is 0 Å². The standard InChI is InChI=1S/C21H22N4O/c26-21(22-10-9-20-24-23-19-6-3-11-25(19)20)18-13-17(18)16-8-7-14-4-1-2-5-15(14)12-16/h1-2,4-5,7-8,12,17-18H,3,6,9-11,13H2,(H,22,26)/t17-,18+/m1/s1. The second-order valence-corrected chi connectivity index (χ2v) is 7.38. The van der Waals surface area contributed by atoms with E-state index in [9.17, 15) is 4.79 Å². The van der Waals surface area contributed by atoms with Gasteiger partial charge in [-0.05, 0) is 35.1 Å². The van der Waals surface area contributed by atoms with E-state index in [4.69, 9.17) is 0 Å². The molecular weight excluding hydrogens is 324 g/mol. The molecule has 1 aromatic heterocycles. The Hall–Kier alpha value is -2.69. The second-order valence-electron chi connectivity index (χ2n) is 7.38. The Balaban J connectivity index is 1.18. The van der Waals surface area contributed by atoms with Crippen molar-refractivity contribution in [2.24, 2.45) is 5.92 Å². The summed E-state index contributed by atoms with van der Waals surface area (Å²) in [5.74, 6) is 2.73. The summed E-state index contributed by atoms with van der Waals surface area (Å²) in [5, 5.41) is 14.1. The van der Waals surface area contributed by atoms with E-state index in [1.807, 2.05) is 0 Å². The molecule has 0 radical (unpaired) electrons. The van der Waals surface area contributed by atoms with Crippen molar-refractivity contribution in [3.8, 4) is 0 Å². The highest BCUT2D eigenvalue weighted by Crippen LogP contribution is 2.48. The lowest BCUT2D eigenvalue weighted by Gasteiger charge is -2.06. The molecule has 2 atom stereocenters. The van der Waals surface area contributed by atoms with Gasteiger partial charge in [0, 0.05) is 31.8 Å². The molecule has 26 heavy (non-hydrogen) atoms. The zero-order valence-corrected chi connectivity index (χ0v) is 14.7. The second kappa shape index (κ2) is 6.24. The van der Waals surface area contributed by atoms with Crippen LogP contribution >= 0.6 is 0 Å². The Morgan fingerprint density at radius 1 is 1.15 bits per heavy atom. The molecular formula is C21H22N4O. The fraction of sp³-hybridized carbons (Fsp3) is 0.381. The van der Waals surface area contributed by atoms with Gasteiger partial charge >= 0.3 is 0 Å². The molecule has 1 N–H and O–H groups in total. The van der Waals surface area contributed by atoms with Crippen molar-refractivity contribution in [3.63, 3.8) is 0 Å². The average Bonchev–Trinajstić information content (AvgIpc) is 3.18. The number of aryl methyl sites for hydroxylation is 1. The Kier molecular flexibility index (Phi) is 3.73. The van der Waals surface area contributed by atoms with E-state index in [0.29, 0.717) is 12.5 Å². The Morgan fingerprint density at radius 2 is 2.04 bits per heavy atom. The minimum atomic E-state index is 0.111. The molecule has 5 rings (SSSR count). The molecule has 1 aliphatic heterocycles. The highest BCUT2D eigenvalue weighted by atomic mass is 16.2. The zero-order chi connectivity index (χ0) is 17.5. The maximum absolute atomic E-state index is 12.5. The number of hydrogen-bond acceptors (Lipinski definition) is 3. The van der Waals surface area contributed by atoms with Crippen molar-refractivity contribution in [2.45, 2.75) is 38.1 Å². The fourth-order valence-electron chi connectivity index (χ4n) is 4.12. The summed E-state index contributed by atoms with van der Waals surface area (Å²) in [4.78, 5) is 12.5. The van der Waals surface area contributed by atoms with Crippen LogP contribution in [0.4, 0.5) is 0 Å². The fourth-order valence-corrected chi connectivity index (χ4v) is 4.12. The molecule has 5 nitrogen and oxygen atoms in total. The number of nitrogens with one attached hydrogen (secondary N) is 1. The van der Waals surface area contributed by atoms with Crippen LogP contribution in [-0.2, 0) is 24.2 Å². The van der Waals surface area contributed by atoms with E-state index < -0.39 is 0 Å². The summed E-state index contributed by atoms with van der Waals surface area (Å²) in [6.45, 7) is 1.65. The predicted octanol–water partition coefficient (Wildman–Crippen LogP) is 2.84. The normalized spacial score (nSPS) is 20.9. The third-order valence-corrected chi connectivity index (χ3v) is 5.66. The summed E-state index contributed by atoms with van der Waals surface area (Å²) in [7, 11) is 0. The quantitative estimate of drug-likeness (QED) is 0.773. The molecule has 1 fully saturated rings. The number of benzene rings is 2. The summed E-state index contributed by atoms with van der Waals surface area (Å²) >= 11 is 0. The maximum atomic E-state index is 12.5. The van der Waals surface area contributed by atoms with E-state index in [0.717, 1.165) is 43.9 Å². The monoisotopic (exact) mass is 346 g/mol.